The molecule has 0 atom stereocenters. The topological polar surface area (TPSA) is 34.9 Å². The number of hydrogen-bond acceptors (Lipinski definition) is 2. The second-order valence-corrected chi connectivity index (χ2v) is 5.56. The molecule has 0 aliphatic carbocycles. The molecule has 0 aliphatic rings. The summed E-state index contributed by atoms with van der Waals surface area (Å²) in [5.74, 6) is 0. The molecule has 2 aromatic carbocycles. The van der Waals surface area contributed by atoms with Crippen molar-refractivity contribution >= 4 is 33.8 Å². The Morgan fingerprint density at radius 1 is 1.05 bits per heavy atom. The molecule has 0 bridgehead atoms. The standard InChI is InChI=1S/C16H10BrClN2O/c17-16-12(10-21)15(11-6-2-1-3-7-11)19-20(16)14-9-5-4-8-13(14)18/h1-10H. The molecule has 0 amide bonds. The molecule has 0 aliphatic heterocycles. The first-order chi connectivity index (χ1) is 10.2. The molecule has 0 unspecified atom stereocenters. The highest BCUT2D eigenvalue weighted by Gasteiger charge is 2.18. The second kappa shape index (κ2) is 5.84. The Bertz CT molecular complexity index is 799. The van der Waals surface area contributed by atoms with Crippen molar-refractivity contribution in [2.45, 2.75) is 0 Å². The van der Waals surface area contributed by atoms with Crippen molar-refractivity contribution in [2.75, 3.05) is 0 Å². The fourth-order valence-corrected chi connectivity index (χ4v) is 2.87. The number of benzene rings is 2. The van der Waals surface area contributed by atoms with Gasteiger partial charge in [-0.25, -0.2) is 4.68 Å². The highest BCUT2D eigenvalue weighted by molar-refractivity contribution is 9.10. The highest BCUT2D eigenvalue weighted by atomic mass is 79.9. The van der Waals surface area contributed by atoms with Crippen LogP contribution < -0.4 is 0 Å². The van der Waals surface area contributed by atoms with E-state index >= 15 is 0 Å². The molecule has 1 aromatic heterocycles. The molecule has 21 heavy (non-hydrogen) atoms. The average molecular weight is 362 g/mol. The molecule has 0 saturated heterocycles. The number of rotatable bonds is 3. The van der Waals surface area contributed by atoms with Crippen LogP contribution >= 0.6 is 27.5 Å². The SMILES string of the molecule is O=Cc1c(-c2ccccc2)nn(-c2ccccc2Cl)c1Br. The van der Waals surface area contributed by atoms with Crippen molar-refractivity contribution in [3.63, 3.8) is 0 Å². The first-order valence-corrected chi connectivity index (χ1v) is 7.43. The molecule has 3 aromatic rings. The molecular formula is C16H10BrClN2O. The van der Waals surface area contributed by atoms with Gasteiger partial charge in [0, 0.05) is 5.56 Å². The van der Waals surface area contributed by atoms with Crippen LogP contribution in [0.4, 0.5) is 0 Å². The van der Waals surface area contributed by atoms with Crippen molar-refractivity contribution in [1.82, 2.24) is 9.78 Å². The Labute approximate surface area is 135 Å². The number of hydrogen-bond donors (Lipinski definition) is 0. The number of halogens is 2. The second-order valence-electron chi connectivity index (χ2n) is 4.40. The quantitative estimate of drug-likeness (QED) is 0.630. The molecule has 0 radical (unpaired) electrons. The van der Waals surface area contributed by atoms with E-state index < -0.39 is 0 Å². The predicted octanol–water partition coefficient (Wildman–Crippen LogP) is 4.77. The van der Waals surface area contributed by atoms with E-state index in [1.165, 1.54) is 0 Å². The monoisotopic (exact) mass is 360 g/mol. The van der Waals surface area contributed by atoms with E-state index in [2.05, 4.69) is 21.0 Å². The third-order valence-corrected chi connectivity index (χ3v) is 4.19. The number of nitrogens with zero attached hydrogens (tertiary/aromatic N) is 2. The highest BCUT2D eigenvalue weighted by Crippen LogP contribution is 2.31. The Morgan fingerprint density at radius 2 is 1.71 bits per heavy atom. The van der Waals surface area contributed by atoms with Gasteiger partial charge in [0.05, 0.1) is 16.3 Å². The molecule has 5 heteroatoms. The minimum atomic E-state index is 0.501. The maximum absolute atomic E-state index is 11.4. The van der Waals surface area contributed by atoms with E-state index in [1.807, 2.05) is 48.5 Å². The summed E-state index contributed by atoms with van der Waals surface area (Å²) in [6.45, 7) is 0. The van der Waals surface area contributed by atoms with Gasteiger partial charge in [0.15, 0.2) is 6.29 Å². The summed E-state index contributed by atoms with van der Waals surface area (Å²) in [6.07, 6.45) is 0.798. The zero-order chi connectivity index (χ0) is 14.8. The van der Waals surface area contributed by atoms with E-state index in [0.29, 0.717) is 20.9 Å². The number of carbonyl (C=O) groups excluding carboxylic acids is 1. The van der Waals surface area contributed by atoms with Crippen LogP contribution in [0, 0.1) is 0 Å². The van der Waals surface area contributed by atoms with Gasteiger partial charge in [-0.05, 0) is 28.1 Å². The molecule has 0 N–H and O–H groups in total. The molecule has 3 rings (SSSR count). The minimum Gasteiger partial charge on any atom is -0.298 e. The van der Waals surface area contributed by atoms with Gasteiger partial charge in [-0.2, -0.15) is 5.10 Å². The Morgan fingerprint density at radius 3 is 2.38 bits per heavy atom. The summed E-state index contributed by atoms with van der Waals surface area (Å²) in [4.78, 5) is 11.4. The average Bonchev–Trinajstić information content (AvgIpc) is 2.85. The summed E-state index contributed by atoms with van der Waals surface area (Å²) < 4.78 is 2.22. The normalized spacial score (nSPS) is 10.6. The summed E-state index contributed by atoms with van der Waals surface area (Å²) in [6, 6.07) is 16.9. The van der Waals surface area contributed by atoms with Crippen LogP contribution in [0.25, 0.3) is 16.9 Å². The third kappa shape index (κ3) is 2.52. The van der Waals surface area contributed by atoms with Crippen LogP contribution in [0.2, 0.25) is 5.02 Å². The van der Waals surface area contributed by atoms with Crippen LogP contribution in [-0.2, 0) is 0 Å². The zero-order valence-electron chi connectivity index (χ0n) is 10.8. The van der Waals surface area contributed by atoms with Gasteiger partial charge in [0.25, 0.3) is 0 Å². The van der Waals surface area contributed by atoms with Crippen molar-refractivity contribution in [3.8, 4) is 16.9 Å². The van der Waals surface area contributed by atoms with Crippen LogP contribution in [0.5, 0.6) is 0 Å². The fourth-order valence-electron chi connectivity index (χ4n) is 2.11. The van der Waals surface area contributed by atoms with Crippen molar-refractivity contribution in [2.24, 2.45) is 0 Å². The van der Waals surface area contributed by atoms with Gasteiger partial charge in [-0.15, -0.1) is 0 Å². The van der Waals surface area contributed by atoms with Crippen molar-refractivity contribution < 1.29 is 4.79 Å². The largest absolute Gasteiger partial charge is 0.298 e. The van der Waals surface area contributed by atoms with Gasteiger partial charge in [-0.3, -0.25) is 4.79 Å². The summed E-state index contributed by atoms with van der Waals surface area (Å²) in [7, 11) is 0. The van der Waals surface area contributed by atoms with Crippen molar-refractivity contribution in [1.29, 1.82) is 0 Å². The van der Waals surface area contributed by atoms with Crippen LogP contribution in [0.1, 0.15) is 10.4 Å². The minimum absolute atomic E-state index is 0.501. The maximum Gasteiger partial charge on any atom is 0.155 e. The molecule has 0 fully saturated rings. The van der Waals surface area contributed by atoms with E-state index in [4.69, 9.17) is 11.6 Å². The Kier molecular flexibility index (Phi) is 3.90. The zero-order valence-corrected chi connectivity index (χ0v) is 13.2. The molecule has 3 nitrogen and oxygen atoms in total. The van der Waals surface area contributed by atoms with Gasteiger partial charge in [-0.1, -0.05) is 54.1 Å². The van der Waals surface area contributed by atoms with E-state index in [-0.39, 0.29) is 0 Å². The molecule has 104 valence electrons. The lowest BCUT2D eigenvalue weighted by atomic mass is 10.1. The van der Waals surface area contributed by atoms with Crippen LogP contribution in [0.3, 0.4) is 0 Å². The Balaban J connectivity index is 2.24. The van der Waals surface area contributed by atoms with Gasteiger partial charge >= 0.3 is 0 Å². The first kappa shape index (κ1) is 14.0. The summed E-state index contributed by atoms with van der Waals surface area (Å²) in [5.41, 5.74) is 2.72. The van der Waals surface area contributed by atoms with E-state index in [0.717, 1.165) is 17.5 Å². The van der Waals surface area contributed by atoms with Gasteiger partial charge < -0.3 is 0 Å². The number of carbonyl (C=O) groups is 1. The Hall–Kier alpha value is -1.91. The summed E-state index contributed by atoms with van der Waals surface area (Å²) >= 11 is 9.65. The number of para-hydroxylation sites is 1. The van der Waals surface area contributed by atoms with Crippen LogP contribution in [0.15, 0.2) is 59.2 Å². The lowest BCUT2D eigenvalue weighted by Crippen LogP contribution is -1.97. The number of aromatic nitrogens is 2. The lowest BCUT2D eigenvalue weighted by molar-refractivity contribution is 0.112. The molecule has 0 saturated carbocycles. The first-order valence-electron chi connectivity index (χ1n) is 6.26. The maximum atomic E-state index is 11.4. The van der Waals surface area contributed by atoms with Gasteiger partial charge in [0.2, 0.25) is 0 Å². The van der Waals surface area contributed by atoms with Crippen molar-refractivity contribution in [3.05, 3.63) is 69.8 Å². The van der Waals surface area contributed by atoms with E-state index in [9.17, 15) is 4.79 Å². The molecule has 0 spiro atoms. The third-order valence-electron chi connectivity index (χ3n) is 3.11. The predicted molar refractivity (Wildman–Crippen MR) is 87.1 cm³/mol. The molecule has 1 heterocycles. The lowest BCUT2D eigenvalue weighted by Gasteiger charge is -2.05. The van der Waals surface area contributed by atoms with E-state index in [1.54, 1.807) is 10.7 Å². The molecular weight excluding hydrogens is 352 g/mol. The van der Waals surface area contributed by atoms with Crippen LogP contribution in [-0.4, -0.2) is 16.1 Å². The number of aldehydes is 1. The van der Waals surface area contributed by atoms with Gasteiger partial charge in [0.1, 0.15) is 10.3 Å². The smallest absolute Gasteiger partial charge is 0.155 e. The fraction of sp³-hybridized carbons (Fsp3) is 0. The summed E-state index contributed by atoms with van der Waals surface area (Å²) in [5, 5.41) is 5.10.